The van der Waals surface area contributed by atoms with Gasteiger partial charge in [0.2, 0.25) is 0 Å². The van der Waals surface area contributed by atoms with Crippen LogP contribution < -0.4 is 4.90 Å². The predicted octanol–water partition coefficient (Wildman–Crippen LogP) is 4.73. The van der Waals surface area contributed by atoms with E-state index in [9.17, 15) is 9.90 Å². The van der Waals surface area contributed by atoms with Crippen LogP contribution in [0.3, 0.4) is 0 Å². The van der Waals surface area contributed by atoms with Crippen molar-refractivity contribution in [2.45, 2.75) is 45.1 Å². The first-order valence-corrected chi connectivity index (χ1v) is 9.12. The first-order valence-electron chi connectivity index (χ1n) is 9.12. The third-order valence-electron chi connectivity index (χ3n) is 5.37. The largest absolute Gasteiger partial charge is 0.465 e. The molecule has 26 heavy (non-hydrogen) atoms. The van der Waals surface area contributed by atoms with Gasteiger partial charge in [-0.2, -0.15) is 0 Å². The molecule has 1 aliphatic rings. The lowest BCUT2D eigenvalue weighted by atomic mass is 9.96. The average molecular weight is 349 g/mol. The Balaban J connectivity index is 1.69. The summed E-state index contributed by atoms with van der Waals surface area (Å²) in [6.07, 6.45) is 1.61. The van der Waals surface area contributed by atoms with Crippen LogP contribution in [-0.2, 0) is 12.8 Å². The standard InChI is InChI=1S/C21H23N3O2/c1-13(15-6-4-3-5-7-15)12-19-22-17-10-11-18-16(20(17)23-19)9-8-14(2)24(18)21(25)26/h3-7,10-11,13-14H,8-9,12H2,1-2H3,(H,22,23)(H,25,26)/t13?,14-/m0/s1. The van der Waals surface area contributed by atoms with Crippen LogP contribution in [0.5, 0.6) is 0 Å². The second kappa shape index (κ2) is 6.48. The number of aryl methyl sites for hydroxylation is 1. The summed E-state index contributed by atoms with van der Waals surface area (Å²) in [4.78, 5) is 21.4. The second-order valence-electron chi connectivity index (χ2n) is 7.20. The van der Waals surface area contributed by atoms with E-state index < -0.39 is 6.09 Å². The third-order valence-corrected chi connectivity index (χ3v) is 5.37. The Morgan fingerprint density at radius 2 is 2.08 bits per heavy atom. The maximum absolute atomic E-state index is 11.7. The number of hydrogen-bond acceptors (Lipinski definition) is 2. The van der Waals surface area contributed by atoms with Crippen molar-refractivity contribution in [3.05, 3.63) is 59.4 Å². The number of fused-ring (bicyclic) bond motifs is 3. The first-order chi connectivity index (χ1) is 12.5. The molecule has 5 nitrogen and oxygen atoms in total. The molecule has 0 aliphatic carbocycles. The number of hydrogen-bond donors (Lipinski definition) is 2. The molecule has 0 spiro atoms. The van der Waals surface area contributed by atoms with Crippen molar-refractivity contribution in [2.75, 3.05) is 4.90 Å². The van der Waals surface area contributed by atoms with Crippen LogP contribution in [0.4, 0.5) is 10.5 Å². The summed E-state index contributed by atoms with van der Waals surface area (Å²) in [5.74, 6) is 1.31. The Kier molecular flexibility index (Phi) is 4.15. The minimum atomic E-state index is -0.897. The summed E-state index contributed by atoms with van der Waals surface area (Å²) in [6.45, 7) is 4.16. The van der Waals surface area contributed by atoms with Crippen LogP contribution >= 0.6 is 0 Å². The van der Waals surface area contributed by atoms with Gasteiger partial charge in [0.25, 0.3) is 0 Å². The van der Waals surface area contributed by atoms with Gasteiger partial charge in [0.15, 0.2) is 0 Å². The molecule has 2 aromatic carbocycles. The molecule has 0 saturated carbocycles. The minimum Gasteiger partial charge on any atom is -0.465 e. The number of nitrogens with zero attached hydrogens (tertiary/aromatic N) is 2. The Labute approximate surface area is 152 Å². The van der Waals surface area contributed by atoms with Crippen LogP contribution in [0.1, 0.15) is 43.1 Å². The van der Waals surface area contributed by atoms with Gasteiger partial charge in [-0.25, -0.2) is 9.78 Å². The SMILES string of the molecule is CC(Cc1nc2c3c(ccc2[nH]1)N(C(=O)O)[C@@H](C)CC3)c1ccccc1. The van der Waals surface area contributed by atoms with Crippen LogP contribution in [0, 0.1) is 0 Å². The van der Waals surface area contributed by atoms with Gasteiger partial charge in [-0.05, 0) is 43.4 Å². The van der Waals surface area contributed by atoms with Crippen molar-refractivity contribution < 1.29 is 9.90 Å². The zero-order valence-corrected chi connectivity index (χ0v) is 15.1. The van der Waals surface area contributed by atoms with Gasteiger partial charge >= 0.3 is 6.09 Å². The van der Waals surface area contributed by atoms with Gasteiger partial charge in [-0.15, -0.1) is 0 Å². The molecule has 2 atom stereocenters. The first kappa shape index (κ1) is 16.6. The Morgan fingerprint density at radius 3 is 2.81 bits per heavy atom. The smallest absolute Gasteiger partial charge is 0.412 e. The molecule has 0 bridgehead atoms. The van der Waals surface area contributed by atoms with Crippen LogP contribution in [-0.4, -0.2) is 27.2 Å². The number of aromatic nitrogens is 2. The van der Waals surface area contributed by atoms with Gasteiger partial charge in [-0.3, -0.25) is 4.90 Å². The number of aromatic amines is 1. The molecule has 3 aromatic rings. The highest BCUT2D eigenvalue weighted by Crippen LogP contribution is 2.35. The molecule has 0 radical (unpaired) electrons. The fourth-order valence-corrected chi connectivity index (χ4v) is 3.94. The molecule has 5 heteroatoms. The predicted molar refractivity (Wildman–Crippen MR) is 103 cm³/mol. The van der Waals surface area contributed by atoms with E-state index in [1.165, 1.54) is 10.5 Å². The number of rotatable bonds is 3. The molecule has 1 aliphatic heterocycles. The van der Waals surface area contributed by atoms with Gasteiger partial charge in [-0.1, -0.05) is 37.3 Å². The number of amides is 1. The molecule has 134 valence electrons. The lowest BCUT2D eigenvalue weighted by molar-refractivity contribution is 0.198. The Hall–Kier alpha value is -2.82. The number of nitrogens with one attached hydrogen (secondary N) is 1. The Morgan fingerprint density at radius 1 is 1.31 bits per heavy atom. The van der Waals surface area contributed by atoms with Crippen molar-refractivity contribution in [3.8, 4) is 0 Å². The number of H-pyrrole nitrogens is 1. The van der Waals surface area contributed by atoms with Gasteiger partial charge in [0.05, 0.1) is 16.7 Å². The van der Waals surface area contributed by atoms with E-state index >= 15 is 0 Å². The van der Waals surface area contributed by atoms with E-state index in [0.717, 1.165) is 47.4 Å². The molecular formula is C21H23N3O2. The van der Waals surface area contributed by atoms with Crippen molar-refractivity contribution >= 4 is 22.8 Å². The van der Waals surface area contributed by atoms with Crippen molar-refractivity contribution in [1.29, 1.82) is 0 Å². The quantitative estimate of drug-likeness (QED) is 0.718. The molecule has 2 heterocycles. The Bertz CT molecular complexity index is 949. The van der Waals surface area contributed by atoms with Gasteiger partial charge in [0.1, 0.15) is 5.82 Å². The fraction of sp³-hybridized carbons (Fsp3) is 0.333. The summed E-state index contributed by atoms with van der Waals surface area (Å²) < 4.78 is 0. The molecule has 1 unspecified atom stereocenters. The monoisotopic (exact) mass is 349 g/mol. The normalized spacial score (nSPS) is 17.9. The van der Waals surface area contributed by atoms with Gasteiger partial charge in [0, 0.05) is 18.0 Å². The topological polar surface area (TPSA) is 69.2 Å². The number of imidazole rings is 1. The van der Waals surface area contributed by atoms with E-state index in [4.69, 9.17) is 4.98 Å². The van der Waals surface area contributed by atoms with E-state index in [0.29, 0.717) is 5.92 Å². The van der Waals surface area contributed by atoms with Crippen molar-refractivity contribution in [2.24, 2.45) is 0 Å². The lowest BCUT2D eigenvalue weighted by Gasteiger charge is -2.33. The molecule has 4 rings (SSSR count). The molecule has 0 fully saturated rings. The van der Waals surface area contributed by atoms with Crippen molar-refractivity contribution in [3.63, 3.8) is 0 Å². The van der Waals surface area contributed by atoms with Gasteiger partial charge < -0.3 is 10.1 Å². The number of carboxylic acid groups (broad SMARTS) is 1. The highest BCUT2D eigenvalue weighted by molar-refractivity contribution is 5.94. The average Bonchev–Trinajstić information content (AvgIpc) is 3.04. The zero-order chi connectivity index (χ0) is 18.3. The summed E-state index contributed by atoms with van der Waals surface area (Å²) in [7, 11) is 0. The number of anilines is 1. The van der Waals surface area contributed by atoms with Crippen LogP contribution in [0.2, 0.25) is 0 Å². The molecular weight excluding hydrogens is 326 g/mol. The van der Waals surface area contributed by atoms with E-state index in [-0.39, 0.29) is 6.04 Å². The molecule has 0 saturated heterocycles. The maximum Gasteiger partial charge on any atom is 0.412 e. The number of benzene rings is 2. The lowest BCUT2D eigenvalue weighted by Crippen LogP contribution is -2.41. The number of carbonyl (C=O) groups is 1. The third kappa shape index (κ3) is 2.83. The second-order valence-corrected chi connectivity index (χ2v) is 7.20. The van der Waals surface area contributed by atoms with Crippen LogP contribution in [0.15, 0.2) is 42.5 Å². The summed E-state index contributed by atoms with van der Waals surface area (Å²) >= 11 is 0. The summed E-state index contributed by atoms with van der Waals surface area (Å²) in [6, 6.07) is 14.3. The summed E-state index contributed by atoms with van der Waals surface area (Å²) in [5.41, 5.74) is 5.01. The highest BCUT2D eigenvalue weighted by Gasteiger charge is 2.30. The minimum absolute atomic E-state index is 0.00559. The van der Waals surface area contributed by atoms with E-state index in [2.05, 4.69) is 36.2 Å². The summed E-state index contributed by atoms with van der Waals surface area (Å²) in [5, 5.41) is 9.58. The highest BCUT2D eigenvalue weighted by atomic mass is 16.4. The van der Waals surface area contributed by atoms with Crippen molar-refractivity contribution in [1.82, 2.24) is 9.97 Å². The molecule has 2 N–H and O–H groups in total. The van der Waals surface area contributed by atoms with E-state index in [1.807, 2.05) is 25.1 Å². The van der Waals surface area contributed by atoms with Crippen LogP contribution in [0.25, 0.3) is 11.0 Å². The van der Waals surface area contributed by atoms with E-state index in [1.54, 1.807) is 0 Å². The molecule has 1 aromatic heterocycles. The molecule has 1 amide bonds. The maximum atomic E-state index is 11.7. The zero-order valence-electron chi connectivity index (χ0n) is 15.1. The fourth-order valence-electron chi connectivity index (χ4n) is 3.94.